The van der Waals surface area contributed by atoms with E-state index in [1.54, 1.807) is 41.3 Å². The summed E-state index contributed by atoms with van der Waals surface area (Å²) in [5.41, 5.74) is 8.00. The fraction of sp³-hybridized carbons (Fsp3) is 0.217. The van der Waals surface area contributed by atoms with Crippen molar-refractivity contribution in [3.63, 3.8) is 0 Å². The van der Waals surface area contributed by atoms with Crippen LogP contribution in [0.5, 0.6) is 5.75 Å². The number of carbonyl (C=O) groups is 4. The summed E-state index contributed by atoms with van der Waals surface area (Å²) in [6.07, 6.45) is 0.395. The van der Waals surface area contributed by atoms with Crippen molar-refractivity contribution in [2.45, 2.75) is 19.0 Å². The van der Waals surface area contributed by atoms with E-state index >= 15 is 0 Å². The Morgan fingerprint density at radius 3 is 2.66 bits per heavy atom. The maximum absolute atomic E-state index is 12.8. The molecule has 2 aromatic rings. The first-order chi connectivity index (χ1) is 15.4. The van der Waals surface area contributed by atoms with E-state index in [1.165, 1.54) is 7.11 Å². The molecular formula is C23H22N4O5. The van der Waals surface area contributed by atoms with Crippen LogP contribution in [0.15, 0.2) is 42.5 Å². The van der Waals surface area contributed by atoms with E-state index in [-0.39, 0.29) is 25.3 Å². The third kappa shape index (κ3) is 5.64. The second-order valence-electron chi connectivity index (χ2n) is 7.11. The normalized spacial score (nSPS) is 12.8. The number of nitrogens with two attached hydrogens (primary N) is 1. The highest BCUT2D eigenvalue weighted by Gasteiger charge is 2.29. The molecular weight excluding hydrogens is 412 g/mol. The van der Waals surface area contributed by atoms with Gasteiger partial charge in [0.2, 0.25) is 12.3 Å². The summed E-state index contributed by atoms with van der Waals surface area (Å²) >= 11 is 0. The lowest BCUT2D eigenvalue weighted by Gasteiger charge is -2.21. The van der Waals surface area contributed by atoms with Gasteiger partial charge in [-0.05, 0) is 35.4 Å². The first kappa shape index (κ1) is 22.4. The number of rotatable bonds is 7. The van der Waals surface area contributed by atoms with Gasteiger partial charge in [-0.25, -0.2) is 4.79 Å². The van der Waals surface area contributed by atoms with Gasteiger partial charge in [-0.2, -0.15) is 0 Å². The van der Waals surface area contributed by atoms with Gasteiger partial charge in [-0.1, -0.05) is 30.0 Å². The minimum Gasteiger partial charge on any atom is -0.497 e. The van der Waals surface area contributed by atoms with Gasteiger partial charge in [-0.3, -0.25) is 19.7 Å². The van der Waals surface area contributed by atoms with Gasteiger partial charge in [0.1, 0.15) is 11.8 Å². The Morgan fingerprint density at radius 1 is 1.25 bits per heavy atom. The number of urea groups is 1. The Hall–Kier alpha value is -4.32. The quantitative estimate of drug-likeness (QED) is 0.433. The SMILES string of the molecule is COc1ccc2c(c1)C(=O)N(C[C@@H](C#Cc1ccc(CC(N)=O)cc1)NC(=O)NC=O)C2. The van der Waals surface area contributed by atoms with Crippen LogP contribution in [0.3, 0.4) is 0 Å². The van der Waals surface area contributed by atoms with Gasteiger partial charge in [0.25, 0.3) is 5.91 Å². The molecule has 32 heavy (non-hydrogen) atoms. The number of primary amides is 1. The van der Waals surface area contributed by atoms with E-state index in [4.69, 9.17) is 10.5 Å². The van der Waals surface area contributed by atoms with Gasteiger partial charge in [0.15, 0.2) is 0 Å². The molecule has 0 unspecified atom stereocenters. The molecule has 0 saturated heterocycles. The average Bonchev–Trinajstić information content (AvgIpc) is 3.07. The number of nitrogens with zero attached hydrogens (tertiary/aromatic N) is 1. The van der Waals surface area contributed by atoms with Crippen molar-refractivity contribution in [2.24, 2.45) is 5.73 Å². The van der Waals surface area contributed by atoms with Crippen molar-refractivity contribution in [2.75, 3.05) is 13.7 Å². The predicted molar refractivity (Wildman–Crippen MR) is 115 cm³/mol. The Bertz CT molecular complexity index is 1100. The minimum atomic E-state index is -0.736. The van der Waals surface area contributed by atoms with Crippen LogP contribution in [-0.4, -0.2) is 48.9 Å². The van der Waals surface area contributed by atoms with Crippen LogP contribution >= 0.6 is 0 Å². The van der Waals surface area contributed by atoms with Crippen LogP contribution in [0.1, 0.15) is 27.0 Å². The zero-order valence-corrected chi connectivity index (χ0v) is 17.4. The highest BCUT2D eigenvalue weighted by Crippen LogP contribution is 2.26. The molecule has 2 aromatic carbocycles. The minimum absolute atomic E-state index is 0.120. The Balaban J connectivity index is 1.76. The number of methoxy groups -OCH3 is 1. The number of nitrogens with one attached hydrogen (secondary N) is 2. The van der Waals surface area contributed by atoms with Crippen molar-refractivity contribution < 1.29 is 23.9 Å². The monoisotopic (exact) mass is 434 g/mol. The molecule has 0 spiro atoms. The summed E-state index contributed by atoms with van der Waals surface area (Å²) in [7, 11) is 1.53. The molecule has 0 fully saturated rings. The third-order valence-corrected chi connectivity index (χ3v) is 4.82. The molecule has 0 bridgehead atoms. The number of imide groups is 1. The standard InChI is InChI=1S/C23H22N4O5/c1-32-19-9-7-17-12-27(22(30)20(17)11-19)13-18(26-23(31)25-14-28)8-6-15-2-4-16(5-3-15)10-21(24)29/h2-5,7,9,11,14,18H,10,12-13H2,1H3,(H2,24,29)(H2,25,26,28,31)/t18-/m1/s1. The number of carbonyl (C=O) groups excluding carboxylic acids is 4. The second kappa shape index (κ2) is 10.1. The summed E-state index contributed by atoms with van der Waals surface area (Å²) in [5, 5.41) is 4.59. The van der Waals surface area contributed by atoms with Crippen LogP contribution in [0.25, 0.3) is 0 Å². The topological polar surface area (TPSA) is 131 Å². The van der Waals surface area contributed by atoms with E-state index < -0.39 is 18.0 Å². The summed E-state index contributed by atoms with van der Waals surface area (Å²) in [4.78, 5) is 47.9. The smallest absolute Gasteiger partial charge is 0.322 e. The van der Waals surface area contributed by atoms with E-state index in [9.17, 15) is 19.2 Å². The molecule has 1 aliphatic rings. The van der Waals surface area contributed by atoms with E-state index in [0.29, 0.717) is 23.4 Å². The van der Waals surface area contributed by atoms with Crippen molar-refractivity contribution in [1.82, 2.24) is 15.5 Å². The van der Waals surface area contributed by atoms with Crippen molar-refractivity contribution in [3.05, 3.63) is 64.7 Å². The van der Waals surface area contributed by atoms with Crippen LogP contribution in [0, 0.1) is 11.8 Å². The maximum atomic E-state index is 12.8. The van der Waals surface area contributed by atoms with Crippen LogP contribution < -0.4 is 21.1 Å². The Labute approximate surface area is 184 Å². The first-order valence-corrected chi connectivity index (χ1v) is 9.75. The molecule has 9 heteroatoms. The molecule has 5 amide bonds. The van der Waals surface area contributed by atoms with Gasteiger partial charge in [-0.15, -0.1) is 0 Å². The van der Waals surface area contributed by atoms with Crippen LogP contribution in [-0.2, 0) is 22.6 Å². The summed E-state index contributed by atoms with van der Waals surface area (Å²) in [6, 6.07) is 10.8. The first-order valence-electron chi connectivity index (χ1n) is 9.75. The van der Waals surface area contributed by atoms with Crippen LogP contribution in [0.2, 0.25) is 0 Å². The van der Waals surface area contributed by atoms with Crippen molar-refractivity contribution >= 4 is 24.3 Å². The zero-order valence-electron chi connectivity index (χ0n) is 17.4. The highest BCUT2D eigenvalue weighted by molar-refractivity contribution is 5.98. The molecule has 0 saturated carbocycles. The van der Waals surface area contributed by atoms with E-state index in [2.05, 4.69) is 17.2 Å². The molecule has 0 aliphatic carbocycles. The van der Waals surface area contributed by atoms with Crippen molar-refractivity contribution in [3.8, 4) is 17.6 Å². The van der Waals surface area contributed by atoms with E-state index in [0.717, 1.165) is 11.1 Å². The lowest BCUT2D eigenvalue weighted by atomic mass is 10.1. The molecule has 1 atom stereocenters. The maximum Gasteiger partial charge on any atom is 0.322 e. The number of fused-ring (bicyclic) bond motifs is 1. The van der Waals surface area contributed by atoms with Gasteiger partial charge >= 0.3 is 6.03 Å². The molecule has 4 N–H and O–H groups in total. The van der Waals surface area contributed by atoms with Crippen molar-refractivity contribution in [1.29, 1.82) is 0 Å². The second-order valence-corrected chi connectivity index (χ2v) is 7.11. The highest BCUT2D eigenvalue weighted by atomic mass is 16.5. The molecule has 0 radical (unpaired) electrons. The largest absolute Gasteiger partial charge is 0.497 e. The lowest BCUT2D eigenvalue weighted by molar-refractivity contribution is -0.117. The Kier molecular flexibility index (Phi) is 7.08. The fourth-order valence-corrected chi connectivity index (χ4v) is 3.29. The molecule has 164 valence electrons. The Morgan fingerprint density at radius 2 is 2.00 bits per heavy atom. The molecule has 9 nitrogen and oxygen atoms in total. The number of hydrogen-bond acceptors (Lipinski definition) is 5. The molecule has 3 rings (SSSR count). The number of ether oxygens (including phenoxy) is 1. The fourth-order valence-electron chi connectivity index (χ4n) is 3.29. The number of hydrogen-bond donors (Lipinski definition) is 3. The summed E-state index contributed by atoms with van der Waals surface area (Å²) in [5.74, 6) is 5.84. The summed E-state index contributed by atoms with van der Waals surface area (Å²) < 4.78 is 5.18. The van der Waals surface area contributed by atoms with Gasteiger partial charge in [0.05, 0.1) is 20.1 Å². The number of amides is 5. The third-order valence-electron chi connectivity index (χ3n) is 4.82. The van der Waals surface area contributed by atoms with Gasteiger partial charge in [0, 0.05) is 17.7 Å². The molecule has 1 aliphatic heterocycles. The average molecular weight is 434 g/mol. The molecule has 0 aromatic heterocycles. The van der Waals surface area contributed by atoms with Gasteiger partial charge < -0.3 is 20.7 Å². The number of benzene rings is 2. The molecule has 1 heterocycles. The van der Waals surface area contributed by atoms with E-state index in [1.807, 2.05) is 11.4 Å². The lowest BCUT2D eigenvalue weighted by Crippen LogP contribution is -2.46. The predicted octanol–water partition coefficient (Wildman–Crippen LogP) is 0.555. The summed E-state index contributed by atoms with van der Waals surface area (Å²) in [6.45, 7) is 0.490. The zero-order chi connectivity index (χ0) is 23.1. The van der Waals surface area contributed by atoms with Crippen LogP contribution in [0.4, 0.5) is 4.79 Å².